The molecule has 0 bridgehead atoms. The summed E-state index contributed by atoms with van der Waals surface area (Å²) in [5.74, 6) is 0.845. The fraction of sp³-hybridized carbons (Fsp3) is 0.273. The van der Waals surface area contributed by atoms with Gasteiger partial charge in [-0.25, -0.2) is 0 Å². The van der Waals surface area contributed by atoms with Crippen molar-refractivity contribution in [3.63, 3.8) is 0 Å². The van der Waals surface area contributed by atoms with Gasteiger partial charge in [0, 0.05) is 17.0 Å². The highest BCUT2D eigenvalue weighted by Gasteiger charge is 1.95. The molecule has 0 unspecified atom stereocenters. The van der Waals surface area contributed by atoms with Gasteiger partial charge >= 0.3 is 0 Å². The standard InChI is InChI=1S/C11H13N3O/c1-15-11-8-3-2-6-10(11)7-4-5-9-13-14-12/h2-4,6-8H,5,9H2,1H3. The minimum Gasteiger partial charge on any atom is -0.496 e. The Hall–Kier alpha value is -1.93. The van der Waals surface area contributed by atoms with E-state index in [0.29, 0.717) is 6.54 Å². The van der Waals surface area contributed by atoms with E-state index in [9.17, 15) is 0 Å². The van der Waals surface area contributed by atoms with Gasteiger partial charge in [-0.2, -0.15) is 0 Å². The summed E-state index contributed by atoms with van der Waals surface area (Å²) in [6, 6.07) is 7.77. The van der Waals surface area contributed by atoms with Crippen LogP contribution in [-0.4, -0.2) is 13.7 Å². The maximum atomic E-state index is 8.08. The highest BCUT2D eigenvalue weighted by atomic mass is 16.5. The van der Waals surface area contributed by atoms with Crippen molar-refractivity contribution < 1.29 is 4.74 Å². The van der Waals surface area contributed by atoms with Gasteiger partial charge in [-0.1, -0.05) is 35.5 Å². The highest BCUT2D eigenvalue weighted by molar-refractivity contribution is 5.56. The summed E-state index contributed by atoms with van der Waals surface area (Å²) in [5.41, 5.74) is 9.11. The van der Waals surface area contributed by atoms with Crippen LogP contribution in [0.15, 0.2) is 35.5 Å². The van der Waals surface area contributed by atoms with E-state index in [2.05, 4.69) is 10.0 Å². The molecule has 0 atom stereocenters. The first-order chi connectivity index (χ1) is 7.38. The lowest BCUT2D eigenvalue weighted by Gasteiger charge is -2.02. The minimum absolute atomic E-state index is 0.488. The number of para-hydroxylation sites is 1. The topological polar surface area (TPSA) is 58.0 Å². The molecular weight excluding hydrogens is 190 g/mol. The summed E-state index contributed by atoms with van der Waals surface area (Å²) in [7, 11) is 1.65. The second kappa shape index (κ2) is 6.51. The highest BCUT2D eigenvalue weighted by Crippen LogP contribution is 2.18. The Labute approximate surface area is 88.8 Å². The van der Waals surface area contributed by atoms with Crippen LogP contribution >= 0.6 is 0 Å². The molecule has 1 aromatic carbocycles. The zero-order valence-electron chi connectivity index (χ0n) is 8.63. The van der Waals surface area contributed by atoms with Gasteiger partial charge in [0.2, 0.25) is 0 Å². The monoisotopic (exact) mass is 203 g/mol. The van der Waals surface area contributed by atoms with E-state index in [1.165, 1.54) is 0 Å². The quantitative estimate of drug-likeness (QED) is 0.313. The zero-order valence-corrected chi connectivity index (χ0v) is 8.63. The molecule has 0 aliphatic carbocycles. The van der Waals surface area contributed by atoms with Gasteiger partial charge < -0.3 is 4.74 Å². The fourth-order valence-electron chi connectivity index (χ4n) is 1.19. The van der Waals surface area contributed by atoms with Crippen molar-refractivity contribution in [2.75, 3.05) is 13.7 Å². The van der Waals surface area contributed by atoms with Gasteiger partial charge in [-0.05, 0) is 18.0 Å². The average Bonchev–Trinajstić information content (AvgIpc) is 2.29. The molecular formula is C11H13N3O. The number of azide groups is 1. The van der Waals surface area contributed by atoms with E-state index in [-0.39, 0.29) is 0 Å². The number of benzene rings is 1. The van der Waals surface area contributed by atoms with Crippen LogP contribution < -0.4 is 4.74 Å². The number of methoxy groups -OCH3 is 1. The Kier molecular flexibility index (Phi) is 4.84. The summed E-state index contributed by atoms with van der Waals surface area (Å²) in [5, 5.41) is 3.44. The van der Waals surface area contributed by atoms with Crippen LogP contribution in [0.1, 0.15) is 12.0 Å². The maximum absolute atomic E-state index is 8.08. The van der Waals surface area contributed by atoms with Gasteiger partial charge in [-0.15, -0.1) is 0 Å². The first-order valence-corrected chi connectivity index (χ1v) is 4.69. The molecule has 15 heavy (non-hydrogen) atoms. The van der Waals surface area contributed by atoms with E-state index >= 15 is 0 Å². The summed E-state index contributed by atoms with van der Waals surface area (Å²) < 4.78 is 5.19. The Morgan fingerprint density at radius 2 is 2.27 bits per heavy atom. The SMILES string of the molecule is COc1ccccc1C=CCCN=[N+]=[N-]. The Morgan fingerprint density at radius 1 is 1.47 bits per heavy atom. The molecule has 0 saturated heterocycles. The number of hydrogen-bond acceptors (Lipinski definition) is 2. The van der Waals surface area contributed by atoms with E-state index in [0.717, 1.165) is 17.7 Å². The third-order valence-electron chi connectivity index (χ3n) is 1.90. The predicted molar refractivity (Wildman–Crippen MR) is 60.7 cm³/mol. The van der Waals surface area contributed by atoms with Gasteiger partial charge in [0.05, 0.1) is 7.11 Å². The normalized spacial score (nSPS) is 9.93. The minimum atomic E-state index is 0.488. The fourth-order valence-corrected chi connectivity index (χ4v) is 1.19. The molecule has 0 aliphatic heterocycles. The van der Waals surface area contributed by atoms with Crippen molar-refractivity contribution in [1.29, 1.82) is 0 Å². The van der Waals surface area contributed by atoms with Crippen LogP contribution in [0.3, 0.4) is 0 Å². The smallest absolute Gasteiger partial charge is 0.126 e. The summed E-state index contributed by atoms with van der Waals surface area (Å²) >= 11 is 0. The van der Waals surface area contributed by atoms with Crippen molar-refractivity contribution in [3.8, 4) is 5.75 Å². The molecule has 1 rings (SSSR count). The molecule has 0 aliphatic rings. The van der Waals surface area contributed by atoms with Crippen LogP contribution in [0, 0.1) is 0 Å². The number of ether oxygens (including phenoxy) is 1. The molecule has 0 heterocycles. The molecule has 0 amide bonds. The third kappa shape index (κ3) is 3.75. The van der Waals surface area contributed by atoms with Crippen molar-refractivity contribution in [3.05, 3.63) is 46.3 Å². The van der Waals surface area contributed by atoms with Crippen LogP contribution in [-0.2, 0) is 0 Å². The van der Waals surface area contributed by atoms with Crippen molar-refractivity contribution in [2.24, 2.45) is 5.11 Å². The lowest BCUT2D eigenvalue weighted by molar-refractivity contribution is 0.414. The lowest BCUT2D eigenvalue weighted by atomic mass is 10.2. The average molecular weight is 203 g/mol. The van der Waals surface area contributed by atoms with E-state index in [1.807, 2.05) is 36.4 Å². The molecule has 0 N–H and O–H groups in total. The molecule has 0 fully saturated rings. The van der Waals surface area contributed by atoms with Crippen molar-refractivity contribution in [2.45, 2.75) is 6.42 Å². The molecule has 4 nitrogen and oxygen atoms in total. The molecule has 0 spiro atoms. The van der Waals surface area contributed by atoms with E-state index in [4.69, 9.17) is 10.3 Å². The summed E-state index contributed by atoms with van der Waals surface area (Å²) in [4.78, 5) is 2.68. The van der Waals surface area contributed by atoms with Crippen LogP contribution in [0.25, 0.3) is 16.5 Å². The van der Waals surface area contributed by atoms with Crippen molar-refractivity contribution >= 4 is 6.08 Å². The molecule has 1 aromatic rings. The van der Waals surface area contributed by atoms with Crippen LogP contribution in [0.4, 0.5) is 0 Å². The van der Waals surface area contributed by atoms with E-state index < -0.39 is 0 Å². The van der Waals surface area contributed by atoms with Crippen LogP contribution in [0.5, 0.6) is 5.75 Å². The summed E-state index contributed by atoms with van der Waals surface area (Å²) in [6.45, 7) is 0.488. The lowest BCUT2D eigenvalue weighted by Crippen LogP contribution is -1.85. The maximum Gasteiger partial charge on any atom is 0.126 e. The van der Waals surface area contributed by atoms with Gasteiger partial charge in [-0.3, -0.25) is 0 Å². The molecule has 0 aromatic heterocycles. The van der Waals surface area contributed by atoms with E-state index in [1.54, 1.807) is 7.11 Å². The third-order valence-corrected chi connectivity index (χ3v) is 1.90. The van der Waals surface area contributed by atoms with Crippen molar-refractivity contribution in [1.82, 2.24) is 0 Å². The summed E-state index contributed by atoms with van der Waals surface area (Å²) in [6.07, 6.45) is 4.67. The molecule has 0 radical (unpaired) electrons. The number of nitrogens with zero attached hydrogens (tertiary/aromatic N) is 3. The molecule has 4 heteroatoms. The second-order valence-corrected chi connectivity index (χ2v) is 2.89. The van der Waals surface area contributed by atoms with Gasteiger partial charge in [0.1, 0.15) is 5.75 Å². The first kappa shape index (κ1) is 11.1. The Morgan fingerprint density at radius 3 is 3.00 bits per heavy atom. The molecule has 78 valence electrons. The van der Waals surface area contributed by atoms with Gasteiger partial charge in [0.15, 0.2) is 0 Å². The number of rotatable bonds is 5. The predicted octanol–water partition coefficient (Wildman–Crippen LogP) is 3.41. The van der Waals surface area contributed by atoms with Gasteiger partial charge in [0.25, 0.3) is 0 Å². The first-order valence-electron chi connectivity index (χ1n) is 4.69. The molecule has 0 saturated carbocycles. The Balaban J connectivity index is 2.59. The second-order valence-electron chi connectivity index (χ2n) is 2.89. The van der Waals surface area contributed by atoms with Crippen LogP contribution in [0.2, 0.25) is 0 Å². The number of hydrogen-bond donors (Lipinski definition) is 0. The Bertz CT molecular complexity index is 381. The largest absolute Gasteiger partial charge is 0.496 e. The zero-order chi connectivity index (χ0) is 10.9.